The Morgan fingerprint density at radius 3 is 2.25 bits per heavy atom. The molecule has 5 amide bonds. The second-order valence-corrected chi connectivity index (χ2v) is 16.1. The summed E-state index contributed by atoms with van der Waals surface area (Å²) in [5.74, 6) is -3.07. The lowest BCUT2D eigenvalue weighted by atomic mass is 9.98. The molecule has 0 aromatic heterocycles. The summed E-state index contributed by atoms with van der Waals surface area (Å²) in [4.78, 5) is 80.6. The molecule has 65 heavy (non-hydrogen) atoms. The number of ether oxygens (including phenoxy) is 1. The quantitative estimate of drug-likeness (QED) is 0.0402. The highest BCUT2D eigenvalue weighted by Gasteiger charge is 2.30. The number of hydrogen-bond donors (Lipinski definition) is 8. The number of carbonyl (C=O) groups is 6. The highest BCUT2D eigenvalue weighted by atomic mass is 16.6. The second kappa shape index (κ2) is 20.3. The number of benzene rings is 4. The predicted molar refractivity (Wildman–Crippen MR) is 245 cm³/mol. The molecular weight excluding hydrogens is 835 g/mol. The Kier molecular flexibility index (Phi) is 14.6. The van der Waals surface area contributed by atoms with Crippen molar-refractivity contribution in [3.63, 3.8) is 0 Å². The van der Waals surface area contributed by atoms with Crippen molar-refractivity contribution in [2.45, 2.75) is 66.0 Å². The van der Waals surface area contributed by atoms with Crippen molar-refractivity contribution in [1.29, 1.82) is 10.8 Å². The summed E-state index contributed by atoms with van der Waals surface area (Å²) in [6.45, 7) is 11.2. The van der Waals surface area contributed by atoms with Gasteiger partial charge in [-0.15, -0.1) is 0 Å². The first-order chi connectivity index (χ1) is 31.0. The van der Waals surface area contributed by atoms with E-state index < -0.39 is 35.5 Å². The monoisotopic (exact) mass is 887 g/mol. The number of imide groups is 1. The molecule has 4 aromatic carbocycles. The zero-order valence-electron chi connectivity index (χ0n) is 36.8. The van der Waals surface area contributed by atoms with Crippen molar-refractivity contribution < 1.29 is 43.7 Å². The molecule has 1 unspecified atom stereocenters. The average Bonchev–Trinajstić information content (AvgIpc) is 3.27. The van der Waals surface area contributed by atoms with E-state index in [-0.39, 0.29) is 60.1 Å². The average molecular weight is 888 g/mol. The summed E-state index contributed by atoms with van der Waals surface area (Å²) in [6, 6.07) is 16.8. The first-order valence-electron chi connectivity index (χ1n) is 21.2. The summed E-state index contributed by atoms with van der Waals surface area (Å²) in [5, 5.41) is 49.5. The number of aldehydes is 1. The fourth-order valence-electron chi connectivity index (χ4n) is 7.83. The molecule has 2 fully saturated rings. The van der Waals surface area contributed by atoms with Crippen LogP contribution in [0.5, 0.6) is 17.2 Å². The van der Waals surface area contributed by atoms with E-state index in [1.54, 1.807) is 42.2 Å². The predicted octanol–water partition coefficient (Wildman–Crippen LogP) is 5.06. The summed E-state index contributed by atoms with van der Waals surface area (Å²) in [6.07, 6.45) is 0.367. The topological polar surface area (TPSA) is 258 Å². The van der Waals surface area contributed by atoms with E-state index in [0.717, 1.165) is 16.7 Å². The number of nitrogens with zero attached hydrogens (tertiary/aromatic N) is 3. The molecule has 0 saturated carbocycles. The Morgan fingerprint density at radius 1 is 0.954 bits per heavy atom. The fraction of sp³-hybridized carbons (Fsp3) is 0.319. The van der Waals surface area contributed by atoms with Crippen molar-refractivity contribution in [3.8, 4) is 17.2 Å². The Bertz CT molecular complexity index is 2530. The van der Waals surface area contributed by atoms with E-state index in [2.05, 4.69) is 26.2 Å². The number of aryl methyl sites for hydroxylation is 2. The van der Waals surface area contributed by atoms with Crippen molar-refractivity contribution in [2.75, 3.05) is 47.8 Å². The van der Waals surface area contributed by atoms with Gasteiger partial charge in [0.2, 0.25) is 11.8 Å². The molecule has 18 nitrogen and oxygen atoms in total. The van der Waals surface area contributed by atoms with Crippen LogP contribution in [0.15, 0.2) is 66.7 Å². The lowest BCUT2D eigenvalue weighted by molar-refractivity contribution is -0.134. The Balaban J connectivity index is 1.09. The molecule has 2 aliphatic rings. The molecule has 0 aliphatic carbocycles. The number of aromatic hydroxyl groups is 2. The number of phenols is 2. The number of anilines is 3. The maximum Gasteiger partial charge on any atom is 0.417 e. The normalized spacial score (nSPS) is 15.0. The Labute approximate surface area is 376 Å². The number of piperidine rings is 1. The van der Waals surface area contributed by atoms with Crippen LogP contribution in [0.4, 0.5) is 21.9 Å². The lowest BCUT2D eigenvalue weighted by Gasteiger charge is -2.36. The molecular formula is C47H53N9O9. The van der Waals surface area contributed by atoms with Gasteiger partial charge in [-0.3, -0.25) is 50.3 Å². The molecule has 8 N–H and O–H groups in total. The molecule has 4 aromatic rings. The van der Waals surface area contributed by atoms with Crippen molar-refractivity contribution in [2.24, 2.45) is 0 Å². The maximum atomic E-state index is 13.7. The van der Waals surface area contributed by atoms with Crippen LogP contribution in [-0.4, -0.2) is 102 Å². The van der Waals surface area contributed by atoms with E-state index in [4.69, 9.17) is 15.6 Å². The number of hydrogen-bond acceptors (Lipinski definition) is 13. The maximum absolute atomic E-state index is 13.7. The van der Waals surface area contributed by atoms with Gasteiger partial charge in [-0.1, -0.05) is 26.0 Å². The van der Waals surface area contributed by atoms with Crippen LogP contribution in [0.2, 0.25) is 0 Å². The highest BCUT2D eigenvalue weighted by molar-refractivity contribution is 6.48. The van der Waals surface area contributed by atoms with Crippen LogP contribution < -0.4 is 35.8 Å². The number of rotatable bonds is 12. The van der Waals surface area contributed by atoms with Crippen LogP contribution in [0.1, 0.15) is 88.1 Å². The van der Waals surface area contributed by atoms with Gasteiger partial charge in [-0.25, -0.2) is 4.79 Å². The minimum Gasteiger partial charge on any atom is -0.508 e. The second-order valence-electron chi connectivity index (χ2n) is 16.1. The van der Waals surface area contributed by atoms with E-state index in [1.165, 1.54) is 18.2 Å². The number of likely N-dealkylation sites (N-methyl/N-ethyl adjacent to an activating group) is 1. The summed E-state index contributed by atoms with van der Waals surface area (Å²) in [5.41, 5.74) is 4.41. The van der Waals surface area contributed by atoms with Gasteiger partial charge < -0.3 is 35.4 Å². The number of amidine groups is 2. The number of piperazine rings is 1. The highest BCUT2D eigenvalue weighted by Crippen LogP contribution is 2.35. The number of phenolic OH excluding ortho intramolecular Hbond substituents is 2. The number of nitrogens with one attached hydrogen (secondary N) is 6. The fourth-order valence-corrected chi connectivity index (χ4v) is 7.83. The van der Waals surface area contributed by atoms with Crippen LogP contribution >= 0.6 is 0 Å². The summed E-state index contributed by atoms with van der Waals surface area (Å²) in [7, 11) is 0. The number of carbonyl (C=O) groups excluding carboxylic acids is 6. The van der Waals surface area contributed by atoms with Gasteiger partial charge in [0.1, 0.15) is 29.4 Å². The van der Waals surface area contributed by atoms with Crippen molar-refractivity contribution >= 4 is 64.7 Å². The standard InChI is InChI=1S/C47H53N9O9/c1-6-50-45(62)43(49)56(42(48)34-22-33(26(2)3)38(58)23-39(34)59)31-12-10-29(11-13-31)46(63)55-18-16-54(17-19-55)32-20-27(4)41(28(5)21-32)65-47(64)52-36-9-7-8-30(25-57)35(36)24-51-37-14-15-40(60)53-44(37)61/h7-13,20-23,25-26,37,48-49,51,58-59H,6,14-19,24H2,1-5H3,(H,50,62)(H,52,64)(H,53,60,61). The third kappa shape index (κ3) is 10.6. The third-order valence-electron chi connectivity index (χ3n) is 11.3. The number of amides is 5. The molecule has 2 saturated heterocycles. The van der Waals surface area contributed by atoms with Gasteiger partial charge in [0, 0.05) is 85.5 Å². The summed E-state index contributed by atoms with van der Waals surface area (Å²) < 4.78 is 5.79. The first kappa shape index (κ1) is 46.9. The minimum atomic E-state index is -0.780. The molecule has 0 spiro atoms. The van der Waals surface area contributed by atoms with Gasteiger partial charge in [0.25, 0.3) is 11.8 Å². The minimum absolute atomic E-state index is 0.00297. The molecule has 18 heteroatoms. The molecule has 340 valence electrons. The van der Waals surface area contributed by atoms with Crippen LogP contribution in [-0.2, 0) is 20.9 Å². The van der Waals surface area contributed by atoms with Gasteiger partial charge in [-0.05, 0) is 98.3 Å². The lowest BCUT2D eigenvalue weighted by Crippen LogP contribution is -2.50. The Morgan fingerprint density at radius 2 is 1.63 bits per heavy atom. The molecule has 0 bridgehead atoms. The van der Waals surface area contributed by atoms with E-state index in [0.29, 0.717) is 83.7 Å². The zero-order valence-corrected chi connectivity index (χ0v) is 36.8. The zero-order chi connectivity index (χ0) is 47.1. The van der Waals surface area contributed by atoms with Crippen LogP contribution in [0.3, 0.4) is 0 Å². The largest absolute Gasteiger partial charge is 0.508 e. The van der Waals surface area contributed by atoms with Gasteiger partial charge in [0.05, 0.1) is 11.6 Å². The molecule has 1 atom stereocenters. The molecule has 6 rings (SSSR count). The van der Waals surface area contributed by atoms with Gasteiger partial charge >= 0.3 is 6.09 Å². The van der Waals surface area contributed by atoms with E-state index in [1.807, 2.05) is 39.8 Å². The van der Waals surface area contributed by atoms with E-state index >= 15 is 0 Å². The van der Waals surface area contributed by atoms with Crippen molar-refractivity contribution in [3.05, 3.63) is 106 Å². The Hall–Kier alpha value is -7.60. The van der Waals surface area contributed by atoms with Crippen LogP contribution in [0, 0.1) is 24.7 Å². The SMILES string of the molecule is CCNC(=O)C(=N)N(C(=N)c1cc(C(C)C)c(O)cc1O)c1ccc(C(=O)N2CCN(c3cc(C)c(OC(=O)Nc4cccc(C=O)c4CNC4CCC(=O)NC4=O)c(C)c3)CC2)cc1. The van der Waals surface area contributed by atoms with Gasteiger partial charge in [0.15, 0.2) is 5.84 Å². The molecule has 2 aliphatic heterocycles. The van der Waals surface area contributed by atoms with Crippen molar-refractivity contribution in [1.82, 2.24) is 20.9 Å². The molecule has 0 radical (unpaired) electrons. The summed E-state index contributed by atoms with van der Waals surface area (Å²) >= 11 is 0. The third-order valence-corrected chi connectivity index (χ3v) is 11.3. The molecule has 2 heterocycles. The van der Waals surface area contributed by atoms with Gasteiger partial charge in [-0.2, -0.15) is 0 Å². The smallest absolute Gasteiger partial charge is 0.417 e. The van der Waals surface area contributed by atoms with Crippen LogP contribution in [0.25, 0.3) is 0 Å². The van der Waals surface area contributed by atoms with E-state index in [9.17, 15) is 39.0 Å². The first-order valence-corrected chi connectivity index (χ1v) is 21.2.